The summed E-state index contributed by atoms with van der Waals surface area (Å²) in [7, 11) is 1.31. The minimum absolute atomic E-state index is 0.0411. The van der Waals surface area contributed by atoms with Crippen LogP contribution in [0, 0.1) is 34.0 Å². The van der Waals surface area contributed by atoms with E-state index in [-0.39, 0.29) is 31.1 Å². The molecule has 0 spiro atoms. The van der Waals surface area contributed by atoms with Gasteiger partial charge in [-0.3, -0.25) is 19.2 Å². The molecule has 2 saturated carbocycles. The first-order valence-corrected chi connectivity index (χ1v) is 14.6. The van der Waals surface area contributed by atoms with Gasteiger partial charge in [0.15, 0.2) is 11.4 Å². The highest BCUT2D eigenvalue weighted by molar-refractivity contribution is 5.98. The monoisotopic (exact) mass is 570 g/mol. The van der Waals surface area contributed by atoms with E-state index < -0.39 is 63.6 Å². The van der Waals surface area contributed by atoms with Crippen molar-refractivity contribution in [2.24, 2.45) is 34.0 Å². The molecule has 0 amide bonds. The quantitative estimate of drug-likeness (QED) is 0.289. The lowest BCUT2D eigenvalue weighted by Crippen LogP contribution is -2.75. The number of Topliss-reactive ketones (excluding diaryl/α,β-unsaturated/α-hetero) is 1. The summed E-state index contributed by atoms with van der Waals surface area (Å²) in [6.45, 7) is 11.2. The minimum atomic E-state index is -2.03. The van der Waals surface area contributed by atoms with E-state index in [2.05, 4.69) is 6.92 Å². The Labute approximate surface area is 241 Å². The van der Waals surface area contributed by atoms with Crippen LogP contribution in [0.4, 0.5) is 0 Å². The number of furan rings is 1. The highest BCUT2D eigenvalue weighted by atomic mass is 16.6. The first-order valence-electron chi connectivity index (χ1n) is 14.6. The Kier molecular flexibility index (Phi) is 7.08. The van der Waals surface area contributed by atoms with Crippen molar-refractivity contribution in [2.45, 2.75) is 97.9 Å². The number of methoxy groups -OCH3 is 1. The van der Waals surface area contributed by atoms with Gasteiger partial charge >= 0.3 is 17.9 Å². The van der Waals surface area contributed by atoms with Crippen molar-refractivity contribution in [2.75, 3.05) is 7.11 Å². The second-order valence-corrected chi connectivity index (χ2v) is 13.6. The van der Waals surface area contributed by atoms with E-state index in [0.29, 0.717) is 19.3 Å². The zero-order valence-electron chi connectivity index (χ0n) is 25.1. The van der Waals surface area contributed by atoms with Crippen molar-refractivity contribution >= 4 is 23.7 Å². The number of carbonyl (C=O) groups is 4. The maximum absolute atomic E-state index is 14.5. The molecule has 1 saturated heterocycles. The molecule has 8 atom stereocenters. The number of hydrogen-bond donors (Lipinski definition) is 1. The molecule has 5 rings (SSSR count). The molecule has 1 aliphatic heterocycles. The van der Waals surface area contributed by atoms with Gasteiger partial charge in [-0.25, -0.2) is 0 Å². The van der Waals surface area contributed by atoms with Gasteiger partial charge in [-0.2, -0.15) is 0 Å². The van der Waals surface area contributed by atoms with Crippen LogP contribution in [0.2, 0.25) is 0 Å². The third kappa shape index (κ3) is 4.13. The Balaban J connectivity index is 1.71. The molecule has 1 N–H and O–H groups in total. The van der Waals surface area contributed by atoms with Crippen LogP contribution < -0.4 is 0 Å². The van der Waals surface area contributed by atoms with E-state index >= 15 is 0 Å². The zero-order chi connectivity index (χ0) is 30.1. The average Bonchev–Trinajstić information content (AvgIpc) is 3.46. The molecule has 0 unspecified atom stereocenters. The normalized spacial score (nSPS) is 38.3. The van der Waals surface area contributed by atoms with Gasteiger partial charge in [0.05, 0.1) is 32.0 Å². The summed E-state index contributed by atoms with van der Waals surface area (Å²) >= 11 is 0. The molecule has 0 aromatic carbocycles. The number of ether oxygens (including phenoxy) is 3. The fourth-order valence-corrected chi connectivity index (χ4v) is 8.70. The fraction of sp³-hybridized carbons (Fsp3) is 0.688. The van der Waals surface area contributed by atoms with E-state index in [0.717, 1.165) is 16.7 Å². The Morgan fingerprint density at radius 2 is 1.90 bits per heavy atom. The van der Waals surface area contributed by atoms with Crippen molar-refractivity contribution in [1.29, 1.82) is 0 Å². The molecule has 9 heteroatoms. The van der Waals surface area contributed by atoms with Crippen LogP contribution in [0.15, 0.2) is 34.2 Å². The zero-order valence-corrected chi connectivity index (χ0v) is 25.1. The van der Waals surface area contributed by atoms with Gasteiger partial charge in [0.25, 0.3) is 0 Å². The molecule has 41 heavy (non-hydrogen) atoms. The van der Waals surface area contributed by atoms with E-state index in [1.807, 2.05) is 27.7 Å². The smallest absolute Gasteiger partial charge is 0.310 e. The second kappa shape index (κ2) is 9.82. The van der Waals surface area contributed by atoms with Gasteiger partial charge in [-0.05, 0) is 42.7 Å². The van der Waals surface area contributed by atoms with Gasteiger partial charge in [0, 0.05) is 34.7 Å². The van der Waals surface area contributed by atoms with Crippen molar-refractivity contribution in [3.05, 3.63) is 35.3 Å². The van der Waals surface area contributed by atoms with Crippen molar-refractivity contribution in [3.63, 3.8) is 0 Å². The molecule has 3 fully saturated rings. The Bertz CT molecular complexity index is 1290. The van der Waals surface area contributed by atoms with Crippen LogP contribution in [-0.2, 0) is 33.4 Å². The van der Waals surface area contributed by atoms with Crippen LogP contribution in [0.1, 0.15) is 91.7 Å². The lowest BCUT2D eigenvalue weighted by atomic mass is 9.39. The number of hydrogen-bond acceptors (Lipinski definition) is 9. The summed E-state index contributed by atoms with van der Waals surface area (Å²) in [5.41, 5.74) is -2.28. The molecule has 3 aliphatic carbocycles. The molecule has 1 aromatic rings. The topological polar surface area (TPSA) is 129 Å². The molecule has 2 heterocycles. The van der Waals surface area contributed by atoms with Gasteiger partial charge in [-0.1, -0.05) is 47.1 Å². The summed E-state index contributed by atoms with van der Waals surface area (Å²) in [5.74, 6) is -3.12. The van der Waals surface area contributed by atoms with Crippen LogP contribution in [0.25, 0.3) is 0 Å². The molecular formula is C32H42O9. The van der Waals surface area contributed by atoms with Crippen LogP contribution >= 0.6 is 0 Å². The first kappa shape index (κ1) is 29.5. The first-order chi connectivity index (χ1) is 19.2. The summed E-state index contributed by atoms with van der Waals surface area (Å²) in [6.07, 6.45) is 3.04. The molecule has 9 nitrogen and oxygen atoms in total. The number of ketones is 1. The third-order valence-corrected chi connectivity index (χ3v) is 11.1. The number of cyclic esters (lactones) is 1. The van der Waals surface area contributed by atoms with Gasteiger partial charge < -0.3 is 23.7 Å². The number of aliphatic hydroxyl groups is 1. The Morgan fingerprint density at radius 1 is 1.20 bits per heavy atom. The Morgan fingerprint density at radius 3 is 2.51 bits per heavy atom. The van der Waals surface area contributed by atoms with E-state index in [9.17, 15) is 24.3 Å². The maximum atomic E-state index is 14.5. The summed E-state index contributed by atoms with van der Waals surface area (Å²) in [4.78, 5) is 53.6. The number of carbonyl (C=O) groups excluding carboxylic acids is 4. The molecule has 2 bridgehead atoms. The molecule has 4 aliphatic rings. The molecule has 224 valence electrons. The molecule has 1 aromatic heterocycles. The molecular weight excluding hydrogens is 528 g/mol. The van der Waals surface area contributed by atoms with Gasteiger partial charge in [0.2, 0.25) is 0 Å². The minimum Gasteiger partial charge on any atom is -0.472 e. The van der Waals surface area contributed by atoms with Crippen LogP contribution in [0.3, 0.4) is 0 Å². The van der Waals surface area contributed by atoms with Crippen molar-refractivity contribution < 1.29 is 42.9 Å². The van der Waals surface area contributed by atoms with Crippen LogP contribution in [-0.4, -0.2) is 47.6 Å². The van der Waals surface area contributed by atoms with E-state index in [1.165, 1.54) is 7.11 Å². The summed E-state index contributed by atoms with van der Waals surface area (Å²) in [6, 6.07) is 1.79. The predicted molar refractivity (Wildman–Crippen MR) is 146 cm³/mol. The van der Waals surface area contributed by atoms with Gasteiger partial charge in [-0.15, -0.1) is 0 Å². The molecule has 0 radical (unpaired) electrons. The third-order valence-electron chi connectivity index (χ3n) is 11.1. The lowest BCUT2D eigenvalue weighted by molar-refractivity contribution is -0.237. The lowest BCUT2D eigenvalue weighted by Gasteiger charge is -2.65. The number of esters is 3. The maximum Gasteiger partial charge on any atom is 0.310 e. The van der Waals surface area contributed by atoms with Crippen molar-refractivity contribution in [1.82, 2.24) is 0 Å². The van der Waals surface area contributed by atoms with Crippen molar-refractivity contribution in [3.8, 4) is 0 Å². The highest BCUT2D eigenvalue weighted by Crippen LogP contribution is 2.69. The standard InChI is InChI=1S/C32H42O9/c1-8-17(2)26(35)41-28-29(3,4)22(14-23(33)38-7)31(6)20-9-11-30(5)21(19(20)15-32(28,37)27(31)36)13-24(34)40-25(30)18-10-12-39-16-18/h10,12,16-17,20,22,25,28,37H,8-9,11,13-15H2,1-7H3/t17-,20+,22+,25+,28+,30-,31-,32+/m1/s1. The van der Waals surface area contributed by atoms with E-state index in [4.69, 9.17) is 18.6 Å². The average molecular weight is 571 g/mol. The number of rotatable bonds is 6. The van der Waals surface area contributed by atoms with E-state index in [1.54, 1.807) is 25.5 Å². The largest absolute Gasteiger partial charge is 0.472 e. The summed E-state index contributed by atoms with van der Waals surface area (Å²) in [5, 5.41) is 12.5. The summed E-state index contributed by atoms with van der Waals surface area (Å²) < 4.78 is 22.3. The van der Waals surface area contributed by atoms with Crippen LogP contribution in [0.5, 0.6) is 0 Å². The van der Waals surface area contributed by atoms with Gasteiger partial charge in [0.1, 0.15) is 12.2 Å². The highest BCUT2D eigenvalue weighted by Gasteiger charge is 2.74. The second-order valence-electron chi connectivity index (χ2n) is 13.6. The SMILES string of the molecule is CC[C@@H](C)C(=O)O[C@H]1C(C)(C)[C@H](CC(=O)OC)[C@]2(C)C(=O)[C@@]1(O)CC1=C3CC(=O)O[C@@H](c4ccoc4)[C@]3(C)CC[C@@H]12. The fourth-order valence-electron chi connectivity index (χ4n) is 8.70. The predicted octanol–water partition coefficient (Wildman–Crippen LogP) is 4.87. The number of fused-ring (bicyclic) bond motifs is 5. The Hall–Kier alpha value is -2.94.